The summed E-state index contributed by atoms with van der Waals surface area (Å²) in [6.07, 6.45) is 0. The summed E-state index contributed by atoms with van der Waals surface area (Å²) in [6.45, 7) is 0.132. The maximum Gasteiger partial charge on any atom is 0.336 e. The molecule has 0 bridgehead atoms. The maximum absolute atomic E-state index is 12.2. The first-order valence-electron chi connectivity index (χ1n) is 6.15. The van der Waals surface area contributed by atoms with Crippen LogP contribution in [0.4, 0.5) is 0 Å². The lowest BCUT2D eigenvalue weighted by Crippen LogP contribution is -2.23. The lowest BCUT2D eigenvalue weighted by atomic mass is 10.1. The SMILES string of the molecule is Cn1nnc(Cn2c(=O)cc(C(=O)O)c3ccccc32)n1. The van der Waals surface area contributed by atoms with Crippen LogP contribution in [-0.2, 0) is 13.6 Å². The third kappa shape index (κ3) is 2.27. The van der Waals surface area contributed by atoms with Gasteiger partial charge in [-0.15, -0.1) is 10.2 Å². The Morgan fingerprint density at radius 1 is 1.33 bits per heavy atom. The van der Waals surface area contributed by atoms with Crippen molar-refractivity contribution >= 4 is 16.9 Å². The number of rotatable bonds is 3. The van der Waals surface area contributed by atoms with Crippen LogP contribution in [0.3, 0.4) is 0 Å². The van der Waals surface area contributed by atoms with Crippen LogP contribution in [0.2, 0.25) is 0 Å². The quantitative estimate of drug-likeness (QED) is 0.741. The second kappa shape index (κ2) is 4.82. The molecule has 3 aromatic rings. The second-order valence-electron chi connectivity index (χ2n) is 4.50. The van der Waals surface area contributed by atoms with Gasteiger partial charge in [0.25, 0.3) is 5.56 Å². The number of fused-ring (bicyclic) bond motifs is 1. The van der Waals surface area contributed by atoms with E-state index in [4.69, 9.17) is 0 Å². The van der Waals surface area contributed by atoms with Gasteiger partial charge in [0.1, 0.15) is 0 Å². The molecule has 8 nitrogen and oxygen atoms in total. The molecule has 0 radical (unpaired) electrons. The summed E-state index contributed by atoms with van der Waals surface area (Å²) in [7, 11) is 1.63. The molecule has 0 spiro atoms. The summed E-state index contributed by atoms with van der Waals surface area (Å²) in [5.41, 5.74) is 0.0901. The lowest BCUT2D eigenvalue weighted by Gasteiger charge is -2.09. The zero-order chi connectivity index (χ0) is 15.0. The van der Waals surface area contributed by atoms with Gasteiger partial charge < -0.3 is 9.67 Å². The van der Waals surface area contributed by atoms with Crippen LogP contribution < -0.4 is 5.56 Å². The minimum atomic E-state index is -1.13. The van der Waals surface area contributed by atoms with Crippen LogP contribution in [0.25, 0.3) is 10.9 Å². The van der Waals surface area contributed by atoms with Crippen molar-refractivity contribution in [3.05, 3.63) is 52.1 Å². The van der Waals surface area contributed by atoms with Crippen LogP contribution in [0.15, 0.2) is 35.1 Å². The molecule has 0 atom stereocenters. The van der Waals surface area contributed by atoms with Crippen molar-refractivity contribution in [3.8, 4) is 0 Å². The number of nitrogens with zero attached hydrogens (tertiary/aromatic N) is 5. The van der Waals surface area contributed by atoms with E-state index in [1.165, 1.54) is 9.36 Å². The molecule has 3 rings (SSSR count). The van der Waals surface area contributed by atoms with Gasteiger partial charge in [-0.1, -0.05) is 18.2 Å². The molecule has 0 aliphatic heterocycles. The van der Waals surface area contributed by atoms with Gasteiger partial charge in [-0.3, -0.25) is 4.79 Å². The highest BCUT2D eigenvalue weighted by Crippen LogP contribution is 2.17. The minimum absolute atomic E-state index is 0.0149. The van der Waals surface area contributed by atoms with Gasteiger partial charge in [0, 0.05) is 11.5 Å². The number of tetrazole rings is 1. The number of carboxylic acid groups (broad SMARTS) is 1. The maximum atomic E-state index is 12.2. The summed E-state index contributed by atoms with van der Waals surface area (Å²) in [5.74, 6) is -0.749. The smallest absolute Gasteiger partial charge is 0.336 e. The van der Waals surface area contributed by atoms with Gasteiger partial charge in [0.05, 0.1) is 24.7 Å². The van der Waals surface area contributed by atoms with E-state index in [2.05, 4.69) is 15.4 Å². The molecule has 0 saturated carbocycles. The van der Waals surface area contributed by atoms with Crippen molar-refractivity contribution in [2.45, 2.75) is 6.54 Å². The Hall–Kier alpha value is -3.03. The predicted molar refractivity (Wildman–Crippen MR) is 73.1 cm³/mol. The number of aromatic nitrogens is 5. The number of benzene rings is 1. The van der Waals surface area contributed by atoms with Crippen molar-refractivity contribution < 1.29 is 9.90 Å². The fourth-order valence-corrected chi connectivity index (χ4v) is 2.20. The molecule has 0 aliphatic rings. The fourth-order valence-electron chi connectivity index (χ4n) is 2.20. The van der Waals surface area contributed by atoms with Crippen molar-refractivity contribution in [1.82, 2.24) is 24.8 Å². The summed E-state index contributed by atoms with van der Waals surface area (Å²) in [4.78, 5) is 24.7. The number of aromatic carboxylic acids is 1. The van der Waals surface area contributed by atoms with E-state index >= 15 is 0 Å². The van der Waals surface area contributed by atoms with Gasteiger partial charge >= 0.3 is 5.97 Å². The molecule has 0 amide bonds. The molecule has 1 aromatic carbocycles. The number of pyridine rings is 1. The van der Waals surface area contributed by atoms with E-state index in [1.54, 1.807) is 31.3 Å². The number of carbonyl (C=O) groups is 1. The number of para-hydroxylation sites is 1. The second-order valence-corrected chi connectivity index (χ2v) is 4.50. The first-order valence-corrected chi connectivity index (χ1v) is 6.15. The highest BCUT2D eigenvalue weighted by atomic mass is 16.4. The van der Waals surface area contributed by atoms with E-state index in [0.717, 1.165) is 6.07 Å². The minimum Gasteiger partial charge on any atom is -0.478 e. The van der Waals surface area contributed by atoms with Gasteiger partial charge in [-0.25, -0.2) is 4.79 Å². The van der Waals surface area contributed by atoms with Crippen LogP contribution in [0, 0.1) is 0 Å². The first-order chi connectivity index (χ1) is 10.1. The number of aryl methyl sites for hydroxylation is 1. The van der Waals surface area contributed by atoms with Gasteiger partial charge in [-0.2, -0.15) is 4.80 Å². The molecule has 0 saturated heterocycles. The van der Waals surface area contributed by atoms with Gasteiger partial charge in [0.15, 0.2) is 5.82 Å². The normalized spacial score (nSPS) is 10.9. The molecule has 2 aromatic heterocycles. The molecule has 106 valence electrons. The average Bonchev–Trinajstić information content (AvgIpc) is 2.87. The Balaban J connectivity index is 2.23. The number of hydrogen-bond acceptors (Lipinski definition) is 5. The highest BCUT2D eigenvalue weighted by Gasteiger charge is 2.14. The molecule has 2 heterocycles. The molecule has 21 heavy (non-hydrogen) atoms. The number of hydrogen-bond donors (Lipinski definition) is 1. The van der Waals surface area contributed by atoms with E-state index in [1.807, 2.05) is 0 Å². The van der Waals surface area contributed by atoms with E-state index in [-0.39, 0.29) is 12.1 Å². The summed E-state index contributed by atoms with van der Waals surface area (Å²) in [6, 6.07) is 7.94. The van der Waals surface area contributed by atoms with Crippen LogP contribution >= 0.6 is 0 Å². The Bertz CT molecular complexity index is 896. The Morgan fingerprint density at radius 2 is 2.10 bits per heavy atom. The van der Waals surface area contributed by atoms with Gasteiger partial charge in [0.2, 0.25) is 0 Å². The van der Waals surface area contributed by atoms with Crippen molar-refractivity contribution in [2.24, 2.45) is 7.05 Å². The zero-order valence-electron chi connectivity index (χ0n) is 11.1. The summed E-state index contributed by atoms with van der Waals surface area (Å²) < 4.78 is 1.43. The topological polar surface area (TPSA) is 103 Å². The fraction of sp³-hybridized carbons (Fsp3) is 0.154. The highest BCUT2D eigenvalue weighted by molar-refractivity contribution is 6.02. The van der Waals surface area contributed by atoms with Crippen LogP contribution in [0.1, 0.15) is 16.2 Å². The number of carboxylic acids is 1. The molecular weight excluding hydrogens is 274 g/mol. The first kappa shape index (κ1) is 13.0. The van der Waals surface area contributed by atoms with E-state index < -0.39 is 11.5 Å². The van der Waals surface area contributed by atoms with E-state index in [0.29, 0.717) is 16.7 Å². The molecule has 8 heteroatoms. The Morgan fingerprint density at radius 3 is 2.76 bits per heavy atom. The molecule has 0 fully saturated rings. The lowest BCUT2D eigenvalue weighted by molar-refractivity contribution is 0.0698. The van der Waals surface area contributed by atoms with Crippen LogP contribution in [-0.4, -0.2) is 35.9 Å². The summed E-state index contributed by atoms with van der Waals surface area (Å²) >= 11 is 0. The van der Waals surface area contributed by atoms with Crippen LogP contribution in [0.5, 0.6) is 0 Å². The van der Waals surface area contributed by atoms with Gasteiger partial charge in [-0.05, 0) is 11.3 Å². The molecule has 1 N–H and O–H groups in total. The third-order valence-electron chi connectivity index (χ3n) is 3.10. The largest absolute Gasteiger partial charge is 0.478 e. The molecule has 0 unspecified atom stereocenters. The molecule has 0 aliphatic carbocycles. The zero-order valence-corrected chi connectivity index (χ0v) is 11.1. The van der Waals surface area contributed by atoms with E-state index in [9.17, 15) is 14.7 Å². The Kier molecular flexibility index (Phi) is 2.98. The third-order valence-corrected chi connectivity index (χ3v) is 3.10. The summed E-state index contributed by atoms with van der Waals surface area (Å²) in [5, 5.41) is 21.3. The average molecular weight is 285 g/mol. The van der Waals surface area contributed by atoms with Crippen molar-refractivity contribution in [2.75, 3.05) is 0 Å². The van der Waals surface area contributed by atoms with Crippen molar-refractivity contribution in [1.29, 1.82) is 0 Å². The van der Waals surface area contributed by atoms with Crippen molar-refractivity contribution in [3.63, 3.8) is 0 Å². The standard InChI is InChI=1S/C13H11N5O3/c1-17-15-11(14-16-17)7-18-10-5-3-2-4-8(10)9(13(20)21)6-12(18)19/h2-6H,7H2,1H3,(H,20,21). The Labute approximate surface area is 118 Å². The molecular formula is C13H11N5O3. The predicted octanol–water partition coefficient (Wildman–Crippen LogP) is 0.272. The monoisotopic (exact) mass is 285 g/mol.